The molecular weight excluding hydrogens is 248 g/mol. The number of ether oxygens (including phenoxy) is 1. The minimum absolute atomic E-state index is 0.186. The maximum atomic E-state index is 11.5. The molecule has 0 fully saturated rings. The molecular formula is C13H22N2O4. The lowest BCUT2D eigenvalue weighted by atomic mass is 10.1. The zero-order chi connectivity index (χ0) is 14.1. The average Bonchev–Trinajstić information content (AvgIpc) is 2.82. The number of carbonyl (C=O) groups is 2. The second kappa shape index (κ2) is 8.53. The molecule has 0 heterocycles. The van der Waals surface area contributed by atoms with Gasteiger partial charge >= 0.3 is 12.0 Å². The topological polar surface area (TPSA) is 87.7 Å². The molecule has 1 aliphatic carbocycles. The van der Waals surface area contributed by atoms with Gasteiger partial charge in [-0.15, -0.1) is 0 Å². The molecule has 6 nitrogen and oxygen atoms in total. The number of hydrogen-bond acceptors (Lipinski definition) is 3. The van der Waals surface area contributed by atoms with E-state index in [1.54, 1.807) is 19.3 Å². The highest BCUT2D eigenvalue weighted by atomic mass is 16.5. The van der Waals surface area contributed by atoms with Crippen LogP contribution in [0.25, 0.3) is 0 Å². The standard InChI is InChI=1S/C13H22N2O4/c1-19-8-4-2-3-7-14-13(18)15-11-6-5-10(9-11)12(16)17/h5-6,10-11H,2-4,7-9H2,1H3,(H,16,17)(H2,14,15,18). The SMILES string of the molecule is COCCCCCNC(=O)NC1C=CC(C(=O)O)C1. The summed E-state index contributed by atoms with van der Waals surface area (Å²) in [6.07, 6.45) is 6.70. The molecule has 0 spiro atoms. The third kappa shape index (κ3) is 6.24. The van der Waals surface area contributed by atoms with E-state index in [4.69, 9.17) is 9.84 Å². The van der Waals surface area contributed by atoms with Gasteiger partial charge in [-0.2, -0.15) is 0 Å². The fourth-order valence-electron chi connectivity index (χ4n) is 1.96. The van der Waals surface area contributed by atoms with Gasteiger partial charge in [0.05, 0.1) is 12.0 Å². The van der Waals surface area contributed by atoms with Gasteiger partial charge in [0.2, 0.25) is 0 Å². The number of aliphatic carboxylic acids is 1. The van der Waals surface area contributed by atoms with Crippen LogP contribution in [0, 0.1) is 5.92 Å². The van der Waals surface area contributed by atoms with Crippen molar-refractivity contribution < 1.29 is 19.4 Å². The lowest BCUT2D eigenvalue weighted by Crippen LogP contribution is -2.41. The van der Waals surface area contributed by atoms with Crippen LogP contribution in [0.4, 0.5) is 4.79 Å². The first kappa shape index (κ1) is 15.5. The van der Waals surface area contributed by atoms with E-state index >= 15 is 0 Å². The molecule has 1 rings (SSSR count). The number of hydrogen-bond donors (Lipinski definition) is 3. The molecule has 19 heavy (non-hydrogen) atoms. The van der Waals surface area contributed by atoms with E-state index in [9.17, 15) is 9.59 Å². The number of nitrogens with one attached hydrogen (secondary N) is 2. The van der Waals surface area contributed by atoms with Crippen molar-refractivity contribution in [1.82, 2.24) is 10.6 Å². The highest BCUT2D eigenvalue weighted by Crippen LogP contribution is 2.17. The summed E-state index contributed by atoms with van der Waals surface area (Å²) in [6, 6.07) is -0.429. The van der Waals surface area contributed by atoms with Gasteiger partial charge in [0.1, 0.15) is 0 Å². The Balaban J connectivity index is 2.06. The first-order valence-corrected chi connectivity index (χ1v) is 6.58. The summed E-state index contributed by atoms with van der Waals surface area (Å²) in [6.45, 7) is 1.37. The number of urea groups is 1. The minimum Gasteiger partial charge on any atom is -0.481 e. The van der Waals surface area contributed by atoms with Gasteiger partial charge < -0.3 is 20.5 Å². The Bertz CT molecular complexity index is 331. The number of unbranched alkanes of at least 4 members (excludes halogenated alkanes) is 2. The molecule has 0 radical (unpaired) electrons. The molecule has 0 aromatic heterocycles. The normalized spacial score (nSPS) is 21.3. The van der Waals surface area contributed by atoms with Crippen LogP contribution in [0.2, 0.25) is 0 Å². The monoisotopic (exact) mass is 270 g/mol. The Morgan fingerprint density at radius 2 is 2.11 bits per heavy atom. The number of carboxylic acids is 1. The number of carbonyl (C=O) groups excluding carboxylic acids is 1. The fourth-order valence-corrected chi connectivity index (χ4v) is 1.96. The van der Waals surface area contributed by atoms with Crippen molar-refractivity contribution in [3.05, 3.63) is 12.2 Å². The summed E-state index contributed by atoms with van der Waals surface area (Å²) < 4.78 is 4.93. The third-order valence-electron chi connectivity index (χ3n) is 3.03. The quantitative estimate of drug-likeness (QED) is 0.456. The van der Waals surface area contributed by atoms with Gasteiger partial charge in [-0.1, -0.05) is 12.2 Å². The van der Waals surface area contributed by atoms with Crippen molar-refractivity contribution in [2.24, 2.45) is 5.92 Å². The van der Waals surface area contributed by atoms with Gasteiger partial charge in [0, 0.05) is 20.3 Å². The zero-order valence-corrected chi connectivity index (χ0v) is 11.2. The van der Waals surface area contributed by atoms with Crippen molar-refractivity contribution in [2.75, 3.05) is 20.3 Å². The van der Waals surface area contributed by atoms with Crippen molar-refractivity contribution >= 4 is 12.0 Å². The summed E-state index contributed by atoms with van der Waals surface area (Å²) in [5, 5.41) is 14.3. The summed E-state index contributed by atoms with van der Waals surface area (Å²) in [5.41, 5.74) is 0. The van der Waals surface area contributed by atoms with E-state index in [-0.39, 0.29) is 12.1 Å². The smallest absolute Gasteiger partial charge is 0.315 e. The Kier molecular flexibility index (Phi) is 6.95. The van der Waals surface area contributed by atoms with Crippen LogP contribution in [0.1, 0.15) is 25.7 Å². The predicted octanol–water partition coefficient (Wildman–Crippen LogP) is 1.13. The van der Waals surface area contributed by atoms with Gasteiger partial charge in [0.15, 0.2) is 0 Å². The molecule has 0 aromatic rings. The minimum atomic E-state index is -0.848. The molecule has 108 valence electrons. The first-order valence-electron chi connectivity index (χ1n) is 6.58. The molecule has 3 N–H and O–H groups in total. The Hall–Kier alpha value is -1.56. The van der Waals surface area contributed by atoms with Gasteiger partial charge in [-0.25, -0.2) is 4.79 Å². The molecule has 2 amide bonds. The predicted molar refractivity (Wildman–Crippen MR) is 70.9 cm³/mol. The molecule has 1 aliphatic rings. The number of carboxylic acid groups (broad SMARTS) is 1. The third-order valence-corrected chi connectivity index (χ3v) is 3.03. The molecule has 0 aromatic carbocycles. The second-order valence-corrected chi connectivity index (χ2v) is 4.63. The first-order chi connectivity index (χ1) is 9.13. The lowest BCUT2D eigenvalue weighted by molar-refractivity contribution is -0.140. The maximum Gasteiger partial charge on any atom is 0.315 e. The summed E-state index contributed by atoms with van der Waals surface area (Å²) >= 11 is 0. The van der Waals surface area contributed by atoms with E-state index < -0.39 is 11.9 Å². The van der Waals surface area contributed by atoms with E-state index in [1.165, 1.54) is 0 Å². The Morgan fingerprint density at radius 1 is 1.32 bits per heavy atom. The fraction of sp³-hybridized carbons (Fsp3) is 0.692. The van der Waals surface area contributed by atoms with Gasteiger partial charge in [-0.3, -0.25) is 4.79 Å². The van der Waals surface area contributed by atoms with Crippen LogP contribution in [0.15, 0.2) is 12.2 Å². The van der Waals surface area contributed by atoms with Crippen LogP contribution in [0.5, 0.6) is 0 Å². The van der Waals surface area contributed by atoms with E-state index in [1.807, 2.05) is 0 Å². The van der Waals surface area contributed by atoms with Crippen molar-refractivity contribution in [2.45, 2.75) is 31.7 Å². The number of amides is 2. The lowest BCUT2D eigenvalue weighted by Gasteiger charge is -2.13. The zero-order valence-electron chi connectivity index (χ0n) is 11.2. The molecule has 2 unspecified atom stereocenters. The van der Waals surface area contributed by atoms with Gasteiger partial charge in [-0.05, 0) is 25.7 Å². The molecule has 2 atom stereocenters. The average molecular weight is 270 g/mol. The van der Waals surface area contributed by atoms with Crippen LogP contribution in [-0.2, 0) is 9.53 Å². The molecule has 0 saturated heterocycles. The van der Waals surface area contributed by atoms with Crippen LogP contribution in [-0.4, -0.2) is 43.4 Å². The highest BCUT2D eigenvalue weighted by Gasteiger charge is 2.25. The van der Waals surface area contributed by atoms with Crippen LogP contribution in [0.3, 0.4) is 0 Å². The van der Waals surface area contributed by atoms with Crippen molar-refractivity contribution in [3.8, 4) is 0 Å². The van der Waals surface area contributed by atoms with Crippen LogP contribution >= 0.6 is 0 Å². The molecule has 6 heteroatoms. The largest absolute Gasteiger partial charge is 0.481 e. The summed E-state index contributed by atoms with van der Waals surface area (Å²) in [7, 11) is 1.67. The molecule has 0 aliphatic heterocycles. The van der Waals surface area contributed by atoms with Gasteiger partial charge in [0.25, 0.3) is 0 Å². The Morgan fingerprint density at radius 3 is 2.74 bits per heavy atom. The van der Waals surface area contributed by atoms with E-state index in [2.05, 4.69) is 10.6 Å². The summed E-state index contributed by atoms with van der Waals surface area (Å²) in [4.78, 5) is 22.3. The maximum absolute atomic E-state index is 11.5. The highest BCUT2D eigenvalue weighted by molar-refractivity contribution is 5.76. The summed E-state index contributed by atoms with van der Waals surface area (Å²) in [5.74, 6) is -1.33. The van der Waals surface area contributed by atoms with E-state index in [0.29, 0.717) is 13.0 Å². The number of rotatable bonds is 8. The van der Waals surface area contributed by atoms with Crippen LogP contribution < -0.4 is 10.6 Å². The Labute approximate surface area is 113 Å². The second-order valence-electron chi connectivity index (χ2n) is 4.63. The molecule has 0 saturated carbocycles. The molecule has 0 bridgehead atoms. The van der Waals surface area contributed by atoms with E-state index in [0.717, 1.165) is 25.9 Å². The number of methoxy groups -OCH3 is 1. The van der Waals surface area contributed by atoms with Crippen molar-refractivity contribution in [3.63, 3.8) is 0 Å². The van der Waals surface area contributed by atoms with Crippen molar-refractivity contribution in [1.29, 1.82) is 0 Å².